The number of carbonyl (C=O) groups is 1. The quantitative estimate of drug-likeness (QED) is 0.763. The Morgan fingerprint density at radius 3 is 2.41 bits per heavy atom. The molecule has 0 unspecified atom stereocenters. The van der Waals surface area contributed by atoms with Crippen molar-refractivity contribution in [2.45, 2.75) is 19.4 Å². The third-order valence-corrected chi connectivity index (χ3v) is 2.38. The summed E-state index contributed by atoms with van der Waals surface area (Å²) < 4.78 is 10.1. The van der Waals surface area contributed by atoms with Gasteiger partial charge >= 0.3 is 5.97 Å². The molecule has 4 heteroatoms. The van der Waals surface area contributed by atoms with Gasteiger partial charge in [0.15, 0.2) is 0 Å². The Morgan fingerprint density at radius 1 is 1.24 bits per heavy atom. The number of esters is 1. The van der Waals surface area contributed by atoms with Crippen LogP contribution in [0, 0.1) is 0 Å². The van der Waals surface area contributed by atoms with Crippen LogP contribution in [-0.4, -0.2) is 30.9 Å². The lowest BCUT2D eigenvalue weighted by Crippen LogP contribution is -2.41. The summed E-state index contributed by atoms with van der Waals surface area (Å²) in [6, 6.07) is 8.68. The van der Waals surface area contributed by atoms with E-state index in [0.717, 1.165) is 0 Å². The first-order valence-corrected chi connectivity index (χ1v) is 5.68. The molecule has 0 radical (unpaired) electrons. The molecule has 0 spiro atoms. The van der Waals surface area contributed by atoms with Crippen LogP contribution in [0.5, 0.6) is 0 Å². The number of carbonyl (C=O) groups excluding carboxylic acids is 1. The maximum atomic E-state index is 11.8. The molecular formula is C13H18O4. The Kier molecular flexibility index (Phi) is 5.12. The van der Waals surface area contributed by atoms with Crippen molar-refractivity contribution < 1.29 is 19.4 Å². The van der Waals surface area contributed by atoms with E-state index in [1.54, 1.807) is 38.1 Å². The van der Waals surface area contributed by atoms with Gasteiger partial charge in [-0.3, -0.25) is 0 Å². The maximum Gasteiger partial charge on any atom is 0.345 e. The molecule has 1 rings (SSSR count). The van der Waals surface area contributed by atoms with Crippen molar-refractivity contribution in [3.63, 3.8) is 0 Å². The van der Waals surface area contributed by atoms with Gasteiger partial charge in [0.05, 0.1) is 13.2 Å². The molecule has 1 atom stereocenters. The van der Waals surface area contributed by atoms with Crippen molar-refractivity contribution in [3.05, 3.63) is 35.9 Å². The topological polar surface area (TPSA) is 55.8 Å². The largest absolute Gasteiger partial charge is 0.464 e. The molecule has 1 N–H and O–H groups in total. The molecule has 0 saturated heterocycles. The van der Waals surface area contributed by atoms with Crippen LogP contribution in [0.15, 0.2) is 30.3 Å². The highest BCUT2D eigenvalue weighted by atomic mass is 16.6. The molecule has 0 aliphatic heterocycles. The molecule has 1 aromatic carbocycles. The van der Waals surface area contributed by atoms with Crippen LogP contribution in [-0.2, 0) is 19.9 Å². The summed E-state index contributed by atoms with van der Waals surface area (Å²) >= 11 is 0. The number of hydrogen-bond donors (Lipinski definition) is 1. The maximum absolute atomic E-state index is 11.8. The molecule has 94 valence electrons. The molecule has 0 aliphatic rings. The number of aliphatic hydroxyl groups is 1. The summed E-state index contributed by atoms with van der Waals surface area (Å²) in [5, 5.41) is 10.4. The molecule has 0 heterocycles. The van der Waals surface area contributed by atoms with Crippen molar-refractivity contribution >= 4 is 5.97 Å². The molecule has 0 saturated carbocycles. The van der Waals surface area contributed by atoms with E-state index in [9.17, 15) is 9.90 Å². The number of rotatable bonds is 6. The van der Waals surface area contributed by atoms with E-state index in [4.69, 9.17) is 9.47 Å². The second-order valence-electron chi connectivity index (χ2n) is 3.58. The normalized spacial score (nSPS) is 14.1. The second kappa shape index (κ2) is 6.37. The van der Waals surface area contributed by atoms with Crippen LogP contribution in [0.4, 0.5) is 0 Å². The molecule has 0 aromatic heterocycles. The van der Waals surface area contributed by atoms with E-state index in [1.165, 1.54) is 0 Å². The lowest BCUT2D eigenvalue weighted by molar-refractivity contribution is -0.173. The van der Waals surface area contributed by atoms with Crippen LogP contribution in [0.3, 0.4) is 0 Å². The first-order valence-electron chi connectivity index (χ1n) is 5.68. The molecule has 0 aliphatic carbocycles. The lowest BCUT2D eigenvalue weighted by atomic mass is 9.95. The van der Waals surface area contributed by atoms with E-state index < -0.39 is 11.6 Å². The van der Waals surface area contributed by atoms with Crippen molar-refractivity contribution in [1.82, 2.24) is 0 Å². The number of ether oxygens (including phenoxy) is 2. The SMILES string of the molecule is CCOC[C@](O)(C(=O)OCC)c1ccccc1. The van der Waals surface area contributed by atoms with Gasteiger partial charge in [0, 0.05) is 6.61 Å². The monoisotopic (exact) mass is 238 g/mol. The number of benzene rings is 1. The van der Waals surface area contributed by atoms with Crippen molar-refractivity contribution in [3.8, 4) is 0 Å². The smallest absolute Gasteiger partial charge is 0.345 e. The average molecular weight is 238 g/mol. The highest BCUT2D eigenvalue weighted by molar-refractivity contribution is 5.81. The molecular weight excluding hydrogens is 220 g/mol. The highest BCUT2D eigenvalue weighted by Crippen LogP contribution is 2.23. The van der Waals surface area contributed by atoms with Crippen LogP contribution in [0.2, 0.25) is 0 Å². The van der Waals surface area contributed by atoms with Gasteiger partial charge in [0.1, 0.15) is 0 Å². The summed E-state index contributed by atoms with van der Waals surface area (Å²) in [7, 11) is 0. The Labute approximate surface area is 101 Å². The molecule has 0 fully saturated rings. The fourth-order valence-electron chi connectivity index (χ4n) is 1.47. The van der Waals surface area contributed by atoms with E-state index >= 15 is 0 Å². The fourth-order valence-corrected chi connectivity index (χ4v) is 1.47. The summed E-state index contributed by atoms with van der Waals surface area (Å²) in [6.07, 6.45) is 0. The Morgan fingerprint density at radius 2 is 1.88 bits per heavy atom. The molecule has 0 amide bonds. The molecule has 4 nitrogen and oxygen atoms in total. The fraction of sp³-hybridized carbons (Fsp3) is 0.462. The summed E-state index contributed by atoms with van der Waals surface area (Å²) in [6.45, 7) is 4.04. The van der Waals surface area contributed by atoms with Crippen molar-refractivity contribution in [2.24, 2.45) is 0 Å². The van der Waals surface area contributed by atoms with Gasteiger partial charge in [0.2, 0.25) is 5.60 Å². The summed E-state index contributed by atoms with van der Waals surface area (Å²) in [5.74, 6) is -0.681. The van der Waals surface area contributed by atoms with E-state index in [0.29, 0.717) is 12.2 Å². The first-order chi connectivity index (χ1) is 8.15. The Bertz CT molecular complexity index is 350. The van der Waals surface area contributed by atoms with Gasteiger partial charge < -0.3 is 14.6 Å². The zero-order chi connectivity index (χ0) is 12.7. The Balaban J connectivity index is 2.97. The standard InChI is InChI=1S/C13H18O4/c1-3-16-10-13(15,12(14)17-4-2)11-8-6-5-7-9-11/h5-9,15H,3-4,10H2,1-2H3/t13-/m1/s1. The predicted octanol–water partition coefficient (Wildman–Crippen LogP) is 1.47. The summed E-state index contributed by atoms with van der Waals surface area (Å²) in [4.78, 5) is 11.8. The van der Waals surface area contributed by atoms with Crippen LogP contribution < -0.4 is 0 Å². The van der Waals surface area contributed by atoms with Gasteiger partial charge in [-0.15, -0.1) is 0 Å². The first kappa shape index (κ1) is 13.7. The van der Waals surface area contributed by atoms with Crippen molar-refractivity contribution in [2.75, 3.05) is 19.8 Å². The highest BCUT2D eigenvalue weighted by Gasteiger charge is 2.39. The van der Waals surface area contributed by atoms with Crippen LogP contribution in [0.1, 0.15) is 19.4 Å². The molecule has 1 aromatic rings. The van der Waals surface area contributed by atoms with E-state index in [2.05, 4.69) is 0 Å². The Hall–Kier alpha value is -1.39. The zero-order valence-corrected chi connectivity index (χ0v) is 10.2. The van der Waals surface area contributed by atoms with Crippen LogP contribution in [0.25, 0.3) is 0 Å². The van der Waals surface area contributed by atoms with Gasteiger partial charge in [0.25, 0.3) is 0 Å². The van der Waals surface area contributed by atoms with Gasteiger partial charge in [-0.05, 0) is 19.4 Å². The van der Waals surface area contributed by atoms with E-state index in [1.807, 2.05) is 6.07 Å². The lowest BCUT2D eigenvalue weighted by Gasteiger charge is -2.25. The molecule has 17 heavy (non-hydrogen) atoms. The minimum absolute atomic E-state index is 0.105. The third kappa shape index (κ3) is 3.28. The van der Waals surface area contributed by atoms with Crippen LogP contribution >= 0.6 is 0 Å². The number of hydrogen-bond acceptors (Lipinski definition) is 4. The second-order valence-corrected chi connectivity index (χ2v) is 3.58. The third-order valence-electron chi connectivity index (χ3n) is 2.38. The molecule has 0 bridgehead atoms. The average Bonchev–Trinajstić information content (AvgIpc) is 2.37. The minimum Gasteiger partial charge on any atom is -0.464 e. The van der Waals surface area contributed by atoms with Gasteiger partial charge in [-0.2, -0.15) is 0 Å². The van der Waals surface area contributed by atoms with Gasteiger partial charge in [-0.25, -0.2) is 4.79 Å². The van der Waals surface area contributed by atoms with Crippen molar-refractivity contribution in [1.29, 1.82) is 0 Å². The van der Waals surface area contributed by atoms with E-state index in [-0.39, 0.29) is 13.2 Å². The summed E-state index contributed by atoms with van der Waals surface area (Å²) in [5.41, 5.74) is -1.25. The minimum atomic E-state index is -1.73. The zero-order valence-electron chi connectivity index (χ0n) is 10.2. The predicted molar refractivity (Wildman–Crippen MR) is 63.5 cm³/mol. The van der Waals surface area contributed by atoms with Gasteiger partial charge in [-0.1, -0.05) is 30.3 Å².